The van der Waals surface area contributed by atoms with Gasteiger partial charge in [-0.25, -0.2) is 0 Å². The lowest BCUT2D eigenvalue weighted by molar-refractivity contribution is 0.589. The van der Waals surface area contributed by atoms with E-state index in [0.29, 0.717) is 6.04 Å². The molecule has 3 heteroatoms. The van der Waals surface area contributed by atoms with E-state index in [9.17, 15) is 0 Å². The van der Waals surface area contributed by atoms with E-state index in [-0.39, 0.29) is 0 Å². The molecular weight excluding hydrogens is 249 g/mol. The maximum atomic E-state index is 6.04. The molecular formula is C10H13BrClN. The molecule has 0 saturated heterocycles. The van der Waals surface area contributed by atoms with E-state index in [4.69, 9.17) is 11.6 Å². The molecule has 0 aliphatic heterocycles. The number of halogens is 2. The smallest absolute Gasteiger partial charge is 0.0462 e. The topological polar surface area (TPSA) is 12.0 Å². The molecule has 0 saturated carbocycles. The molecule has 13 heavy (non-hydrogen) atoms. The second-order valence-corrected chi connectivity index (χ2v) is 4.59. The molecule has 1 N–H and O–H groups in total. The Hall–Kier alpha value is -0.0500. The van der Waals surface area contributed by atoms with E-state index >= 15 is 0 Å². The summed E-state index contributed by atoms with van der Waals surface area (Å²) in [7, 11) is 0. The fourth-order valence-electron chi connectivity index (χ4n) is 0.979. The summed E-state index contributed by atoms with van der Waals surface area (Å²) in [5.74, 6) is 0. The van der Waals surface area contributed by atoms with Gasteiger partial charge in [0.25, 0.3) is 0 Å². The predicted molar refractivity (Wildman–Crippen MR) is 61.1 cm³/mol. The van der Waals surface area contributed by atoms with Gasteiger partial charge in [0.15, 0.2) is 0 Å². The lowest BCUT2D eigenvalue weighted by atomic mass is 10.2. The van der Waals surface area contributed by atoms with Crippen molar-refractivity contribution in [2.45, 2.75) is 26.4 Å². The summed E-state index contributed by atoms with van der Waals surface area (Å²) in [4.78, 5) is 0. The van der Waals surface area contributed by atoms with Crippen LogP contribution in [0.25, 0.3) is 0 Å². The molecule has 1 rings (SSSR count). The zero-order valence-electron chi connectivity index (χ0n) is 7.77. The van der Waals surface area contributed by atoms with E-state index in [1.807, 2.05) is 18.2 Å². The maximum Gasteiger partial charge on any atom is 0.0462 e. The van der Waals surface area contributed by atoms with Crippen LogP contribution in [0.5, 0.6) is 0 Å². The van der Waals surface area contributed by atoms with Crippen molar-refractivity contribution >= 4 is 27.5 Å². The van der Waals surface area contributed by atoms with Crippen LogP contribution in [0.4, 0.5) is 0 Å². The van der Waals surface area contributed by atoms with Gasteiger partial charge in [0, 0.05) is 22.1 Å². The Balaban J connectivity index is 2.67. The zero-order chi connectivity index (χ0) is 9.84. The van der Waals surface area contributed by atoms with E-state index in [2.05, 4.69) is 35.1 Å². The third-order valence-corrected chi connectivity index (χ3v) is 2.56. The predicted octanol–water partition coefficient (Wildman–Crippen LogP) is 3.60. The summed E-state index contributed by atoms with van der Waals surface area (Å²) in [5.41, 5.74) is 1.14. The number of hydrogen-bond acceptors (Lipinski definition) is 1. The van der Waals surface area contributed by atoms with Gasteiger partial charge in [-0.1, -0.05) is 47.4 Å². The van der Waals surface area contributed by atoms with E-state index in [1.54, 1.807) is 0 Å². The average molecular weight is 263 g/mol. The second kappa shape index (κ2) is 4.99. The third-order valence-electron chi connectivity index (χ3n) is 1.72. The lowest BCUT2D eigenvalue weighted by Crippen LogP contribution is -2.21. The van der Waals surface area contributed by atoms with Gasteiger partial charge in [0.2, 0.25) is 0 Å². The lowest BCUT2D eigenvalue weighted by Gasteiger charge is -2.09. The van der Waals surface area contributed by atoms with Gasteiger partial charge in [0.05, 0.1) is 0 Å². The summed E-state index contributed by atoms with van der Waals surface area (Å²) in [6.45, 7) is 5.06. The van der Waals surface area contributed by atoms with E-state index in [0.717, 1.165) is 21.6 Å². The largest absolute Gasteiger partial charge is 0.310 e. The molecule has 0 amide bonds. The van der Waals surface area contributed by atoms with Gasteiger partial charge in [-0.2, -0.15) is 0 Å². The van der Waals surface area contributed by atoms with Crippen molar-refractivity contribution in [1.82, 2.24) is 5.32 Å². The Morgan fingerprint density at radius 1 is 1.46 bits per heavy atom. The molecule has 0 aliphatic rings. The molecule has 1 aromatic carbocycles. The summed E-state index contributed by atoms with van der Waals surface area (Å²) in [6, 6.07) is 6.43. The molecule has 72 valence electrons. The highest BCUT2D eigenvalue weighted by atomic mass is 79.9. The molecule has 0 heterocycles. The molecule has 0 unspecified atom stereocenters. The average Bonchev–Trinajstić information content (AvgIpc) is 2.02. The van der Waals surface area contributed by atoms with Crippen molar-refractivity contribution in [3.05, 3.63) is 33.3 Å². The fourth-order valence-corrected chi connectivity index (χ4v) is 1.72. The first-order chi connectivity index (χ1) is 6.09. The van der Waals surface area contributed by atoms with Crippen molar-refractivity contribution < 1.29 is 0 Å². The van der Waals surface area contributed by atoms with Crippen LogP contribution in [-0.4, -0.2) is 6.04 Å². The van der Waals surface area contributed by atoms with Crippen molar-refractivity contribution in [2.75, 3.05) is 0 Å². The third kappa shape index (κ3) is 3.67. The minimum absolute atomic E-state index is 0.486. The van der Waals surface area contributed by atoms with Gasteiger partial charge in [-0.15, -0.1) is 0 Å². The standard InChI is InChI=1S/C10H13BrClN/c1-7(2)13-6-8-3-4-9(11)5-10(8)12/h3-5,7,13H,6H2,1-2H3. The van der Waals surface area contributed by atoms with Crippen LogP contribution >= 0.6 is 27.5 Å². The molecule has 0 radical (unpaired) electrons. The first kappa shape index (κ1) is 11.0. The number of benzene rings is 1. The maximum absolute atomic E-state index is 6.04. The highest BCUT2D eigenvalue weighted by Crippen LogP contribution is 2.21. The van der Waals surface area contributed by atoms with Crippen molar-refractivity contribution in [3.8, 4) is 0 Å². The van der Waals surface area contributed by atoms with E-state index in [1.165, 1.54) is 0 Å². The summed E-state index contributed by atoms with van der Waals surface area (Å²) < 4.78 is 1.02. The first-order valence-electron chi connectivity index (χ1n) is 4.27. The van der Waals surface area contributed by atoms with Crippen molar-refractivity contribution in [2.24, 2.45) is 0 Å². The second-order valence-electron chi connectivity index (χ2n) is 3.27. The molecule has 0 bridgehead atoms. The van der Waals surface area contributed by atoms with Crippen LogP contribution in [0.3, 0.4) is 0 Å². The molecule has 0 aliphatic carbocycles. The van der Waals surface area contributed by atoms with Crippen LogP contribution in [0.15, 0.2) is 22.7 Å². The number of rotatable bonds is 3. The van der Waals surface area contributed by atoms with Crippen LogP contribution in [-0.2, 0) is 6.54 Å². The first-order valence-corrected chi connectivity index (χ1v) is 5.44. The highest BCUT2D eigenvalue weighted by Gasteiger charge is 2.01. The fraction of sp³-hybridized carbons (Fsp3) is 0.400. The Morgan fingerprint density at radius 3 is 2.69 bits per heavy atom. The number of hydrogen-bond donors (Lipinski definition) is 1. The Kier molecular flexibility index (Phi) is 4.23. The van der Waals surface area contributed by atoms with Gasteiger partial charge >= 0.3 is 0 Å². The summed E-state index contributed by atoms with van der Waals surface area (Å²) in [5, 5.41) is 4.13. The van der Waals surface area contributed by atoms with Crippen molar-refractivity contribution in [1.29, 1.82) is 0 Å². The molecule has 0 fully saturated rings. The van der Waals surface area contributed by atoms with Gasteiger partial charge < -0.3 is 5.32 Å². The Morgan fingerprint density at radius 2 is 2.15 bits per heavy atom. The SMILES string of the molecule is CC(C)NCc1ccc(Br)cc1Cl. The van der Waals surface area contributed by atoms with Crippen molar-refractivity contribution in [3.63, 3.8) is 0 Å². The van der Waals surface area contributed by atoms with Gasteiger partial charge in [-0.3, -0.25) is 0 Å². The quantitative estimate of drug-likeness (QED) is 0.878. The van der Waals surface area contributed by atoms with Crippen LogP contribution in [0, 0.1) is 0 Å². The molecule has 1 nitrogen and oxygen atoms in total. The van der Waals surface area contributed by atoms with E-state index < -0.39 is 0 Å². The van der Waals surface area contributed by atoms with Gasteiger partial charge in [0.1, 0.15) is 0 Å². The Bertz CT molecular complexity index is 286. The molecule has 0 spiro atoms. The minimum atomic E-state index is 0.486. The van der Waals surface area contributed by atoms with Crippen LogP contribution in [0.2, 0.25) is 5.02 Å². The Labute approximate surface area is 92.6 Å². The van der Waals surface area contributed by atoms with Gasteiger partial charge in [-0.05, 0) is 17.7 Å². The van der Waals surface area contributed by atoms with Crippen LogP contribution in [0.1, 0.15) is 19.4 Å². The zero-order valence-corrected chi connectivity index (χ0v) is 10.1. The monoisotopic (exact) mass is 261 g/mol. The molecule has 0 aromatic heterocycles. The molecule has 1 aromatic rings. The highest BCUT2D eigenvalue weighted by molar-refractivity contribution is 9.10. The summed E-state index contributed by atoms with van der Waals surface area (Å²) in [6.07, 6.45) is 0. The molecule has 0 atom stereocenters. The summed E-state index contributed by atoms with van der Waals surface area (Å²) >= 11 is 9.41. The van der Waals surface area contributed by atoms with Crippen LogP contribution < -0.4 is 5.32 Å². The normalized spacial score (nSPS) is 10.8. The minimum Gasteiger partial charge on any atom is -0.310 e. The number of nitrogens with one attached hydrogen (secondary N) is 1.